The van der Waals surface area contributed by atoms with E-state index >= 15 is 0 Å². The number of oxazole rings is 1. The third-order valence-electron chi connectivity index (χ3n) is 3.54. The van der Waals surface area contributed by atoms with Crippen molar-refractivity contribution in [3.63, 3.8) is 0 Å². The minimum Gasteiger partial charge on any atom is -0.411 e. The van der Waals surface area contributed by atoms with Gasteiger partial charge in [-0.25, -0.2) is 4.79 Å². The fourth-order valence-electron chi connectivity index (χ4n) is 2.42. The van der Waals surface area contributed by atoms with E-state index in [9.17, 15) is 4.79 Å². The molecule has 4 rings (SSSR count). The van der Waals surface area contributed by atoms with Crippen LogP contribution in [0.5, 0.6) is 0 Å². The minimum atomic E-state index is -0.354. The fraction of sp³-hybridized carbons (Fsp3) is 0.118. The molecule has 0 aliphatic carbocycles. The van der Waals surface area contributed by atoms with Crippen LogP contribution in [-0.4, -0.2) is 20.5 Å². The van der Waals surface area contributed by atoms with E-state index in [0.717, 1.165) is 11.1 Å². The Labute approximate surface area is 141 Å². The van der Waals surface area contributed by atoms with Crippen molar-refractivity contribution in [2.75, 3.05) is 5.75 Å². The molecule has 0 N–H and O–H groups in total. The largest absolute Gasteiger partial charge is 0.419 e. The highest BCUT2D eigenvalue weighted by Crippen LogP contribution is 2.23. The standard InChI is InChI=1S/C17H13N3O3S/c21-17-20(13-8-4-5-9-14(13)22-17)10-11-24-16-19-18-15(23-16)12-6-2-1-3-7-12/h1-9H,10-11H2. The lowest BCUT2D eigenvalue weighted by Gasteiger charge is -1.99. The monoisotopic (exact) mass is 339 g/mol. The van der Waals surface area contributed by atoms with Crippen LogP contribution in [0, 0.1) is 0 Å². The average Bonchev–Trinajstić information content (AvgIpc) is 3.21. The molecule has 2 aromatic carbocycles. The van der Waals surface area contributed by atoms with Gasteiger partial charge in [0.2, 0.25) is 5.89 Å². The summed E-state index contributed by atoms with van der Waals surface area (Å²) >= 11 is 1.41. The van der Waals surface area contributed by atoms with Crippen molar-refractivity contribution < 1.29 is 8.83 Å². The van der Waals surface area contributed by atoms with Gasteiger partial charge in [0.05, 0.1) is 5.52 Å². The summed E-state index contributed by atoms with van der Waals surface area (Å²) in [6, 6.07) is 17.0. The van der Waals surface area contributed by atoms with Crippen LogP contribution in [0.1, 0.15) is 0 Å². The summed E-state index contributed by atoms with van der Waals surface area (Å²) in [5.41, 5.74) is 2.27. The maximum absolute atomic E-state index is 11.9. The van der Waals surface area contributed by atoms with Gasteiger partial charge in [-0.2, -0.15) is 0 Å². The highest BCUT2D eigenvalue weighted by molar-refractivity contribution is 7.99. The smallest absolute Gasteiger partial charge is 0.411 e. The Morgan fingerprint density at radius 3 is 2.62 bits per heavy atom. The van der Waals surface area contributed by atoms with E-state index in [1.165, 1.54) is 11.8 Å². The van der Waals surface area contributed by atoms with Crippen molar-refractivity contribution >= 4 is 22.9 Å². The van der Waals surface area contributed by atoms with Crippen LogP contribution in [0.3, 0.4) is 0 Å². The lowest BCUT2D eigenvalue weighted by atomic mass is 10.2. The first-order valence-electron chi connectivity index (χ1n) is 7.41. The first-order valence-corrected chi connectivity index (χ1v) is 8.40. The van der Waals surface area contributed by atoms with E-state index in [1.807, 2.05) is 48.5 Å². The van der Waals surface area contributed by atoms with Gasteiger partial charge in [-0.15, -0.1) is 10.2 Å². The first kappa shape index (κ1) is 14.8. The SMILES string of the molecule is O=c1oc2ccccc2n1CCSc1nnc(-c2ccccc2)o1. The third-order valence-corrected chi connectivity index (χ3v) is 4.34. The summed E-state index contributed by atoms with van der Waals surface area (Å²) in [5.74, 6) is 0.760. The molecule has 7 heteroatoms. The van der Waals surface area contributed by atoms with Gasteiger partial charge in [0, 0.05) is 17.9 Å². The zero-order chi connectivity index (χ0) is 16.4. The van der Waals surface area contributed by atoms with Gasteiger partial charge in [-0.3, -0.25) is 4.57 Å². The van der Waals surface area contributed by atoms with Gasteiger partial charge >= 0.3 is 5.76 Å². The number of aryl methyl sites for hydroxylation is 1. The number of rotatable bonds is 5. The Balaban J connectivity index is 1.45. The second kappa shape index (κ2) is 6.37. The minimum absolute atomic E-state index is 0.354. The Morgan fingerprint density at radius 1 is 0.958 bits per heavy atom. The number of fused-ring (bicyclic) bond motifs is 1. The van der Waals surface area contributed by atoms with Crippen LogP contribution in [-0.2, 0) is 6.54 Å². The predicted molar refractivity (Wildman–Crippen MR) is 90.9 cm³/mol. The Bertz CT molecular complexity index is 1020. The van der Waals surface area contributed by atoms with Crippen molar-refractivity contribution in [3.8, 4) is 11.5 Å². The summed E-state index contributed by atoms with van der Waals surface area (Å²) in [4.78, 5) is 11.9. The van der Waals surface area contributed by atoms with Crippen molar-refractivity contribution in [2.45, 2.75) is 11.8 Å². The topological polar surface area (TPSA) is 74.1 Å². The van der Waals surface area contributed by atoms with Crippen LogP contribution in [0.15, 0.2) is 73.4 Å². The molecule has 0 atom stereocenters. The lowest BCUT2D eigenvalue weighted by molar-refractivity contribution is 0.465. The van der Waals surface area contributed by atoms with Crippen molar-refractivity contribution in [3.05, 3.63) is 65.1 Å². The molecule has 0 spiro atoms. The normalized spacial score (nSPS) is 11.2. The Morgan fingerprint density at radius 2 is 1.75 bits per heavy atom. The molecular weight excluding hydrogens is 326 g/mol. The van der Waals surface area contributed by atoms with E-state index in [4.69, 9.17) is 8.83 Å². The fourth-order valence-corrected chi connectivity index (χ4v) is 3.10. The van der Waals surface area contributed by atoms with E-state index in [1.54, 1.807) is 10.6 Å². The van der Waals surface area contributed by atoms with Gasteiger partial charge in [0.25, 0.3) is 5.22 Å². The molecule has 0 unspecified atom stereocenters. The van der Waals surface area contributed by atoms with Gasteiger partial charge in [0.15, 0.2) is 5.58 Å². The van der Waals surface area contributed by atoms with Gasteiger partial charge < -0.3 is 8.83 Å². The van der Waals surface area contributed by atoms with E-state index < -0.39 is 0 Å². The molecular formula is C17H13N3O3S. The number of aromatic nitrogens is 3. The predicted octanol–water partition coefficient (Wildman–Crippen LogP) is 3.44. The van der Waals surface area contributed by atoms with Crippen molar-refractivity contribution in [1.29, 1.82) is 0 Å². The molecule has 0 radical (unpaired) electrons. The van der Waals surface area contributed by atoms with Gasteiger partial charge in [0.1, 0.15) is 0 Å². The lowest BCUT2D eigenvalue weighted by Crippen LogP contribution is -2.15. The maximum atomic E-state index is 11.9. The zero-order valence-corrected chi connectivity index (χ0v) is 13.4. The number of hydrogen-bond donors (Lipinski definition) is 0. The van der Waals surface area contributed by atoms with Crippen LogP contribution in [0.4, 0.5) is 0 Å². The zero-order valence-electron chi connectivity index (χ0n) is 12.6. The maximum Gasteiger partial charge on any atom is 0.419 e. The number of para-hydroxylation sites is 2. The molecule has 2 heterocycles. The molecule has 0 aliphatic heterocycles. The molecule has 0 amide bonds. The summed E-state index contributed by atoms with van der Waals surface area (Å²) in [6.07, 6.45) is 0. The Kier molecular flexibility index (Phi) is 3.92. The Hall–Kier alpha value is -2.80. The van der Waals surface area contributed by atoms with E-state index in [0.29, 0.717) is 29.0 Å². The molecule has 24 heavy (non-hydrogen) atoms. The second-order valence-electron chi connectivity index (χ2n) is 5.07. The summed E-state index contributed by atoms with van der Waals surface area (Å²) < 4.78 is 12.5. The van der Waals surface area contributed by atoms with Gasteiger partial charge in [-0.1, -0.05) is 42.1 Å². The molecule has 2 aromatic heterocycles. The molecule has 0 aliphatic rings. The second-order valence-corrected chi connectivity index (χ2v) is 6.12. The molecule has 6 nitrogen and oxygen atoms in total. The van der Waals surface area contributed by atoms with Crippen LogP contribution in [0.25, 0.3) is 22.6 Å². The number of nitrogens with zero attached hydrogens (tertiary/aromatic N) is 3. The van der Waals surface area contributed by atoms with Crippen LogP contribution >= 0.6 is 11.8 Å². The van der Waals surface area contributed by atoms with Crippen LogP contribution in [0.2, 0.25) is 0 Å². The molecule has 0 saturated carbocycles. The van der Waals surface area contributed by atoms with E-state index in [2.05, 4.69) is 10.2 Å². The summed E-state index contributed by atoms with van der Waals surface area (Å²) in [5, 5.41) is 8.56. The first-order chi connectivity index (χ1) is 11.8. The number of thioether (sulfide) groups is 1. The average molecular weight is 339 g/mol. The van der Waals surface area contributed by atoms with Crippen molar-refractivity contribution in [1.82, 2.24) is 14.8 Å². The summed E-state index contributed by atoms with van der Waals surface area (Å²) in [7, 11) is 0. The molecule has 120 valence electrons. The van der Waals surface area contributed by atoms with E-state index in [-0.39, 0.29) is 5.76 Å². The number of benzene rings is 2. The summed E-state index contributed by atoms with van der Waals surface area (Å²) in [6.45, 7) is 0.504. The molecule has 0 bridgehead atoms. The highest BCUT2D eigenvalue weighted by Gasteiger charge is 2.11. The quantitative estimate of drug-likeness (QED) is 0.519. The molecule has 4 aromatic rings. The van der Waals surface area contributed by atoms with Crippen LogP contribution < -0.4 is 5.76 Å². The third kappa shape index (κ3) is 2.85. The van der Waals surface area contributed by atoms with Crippen molar-refractivity contribution in [2.24, 2.45) is 0 Å². The molecule has 0 saturated heterocycles. The highest BCUT2D eigenvalue weighted by atomic mass is 32.2. The number of hydrogen-bond acceptors (Lipinski definition) is 6. The molecule has 0 fully saturated rings. The van der Waals surface area contributed by atoms with Gasteiger partial charge in [-0.05, 0) is 24.3 Å².